The second-order valence-electron chi connectivity index (χ2n) is 6.32. The smallest absolute Gasteiger partial charge is 0.118 e. The molecule has 0 saturated carbocycles. The van der Waals surface area contributed by atoms with Crippen molar-refractivity contribution in [1.29, 1.82) is 0 Å². The molecule has 0 bridgehead atoms. The number of methoxy groups -OCH3 is 1. The minimum atomic E-state index is -4.37. The van der Waals surface area contributed by atoms with E-state index in [-0.39, 0.29) is 11.3 Å². The maximum atomic E-state index is 11.3. The average Bonchev–Trinajstić information content (AvgIpc) is 2.33. The van der Waals surface area contributed by atoms with E-state index in [1.54, 1.807) is 7.11 Å². The van der Waals surface area contributed by atoms with E-state index in [2.05, 4.69) is 19.2 Å². The predicted molar refractivity (Wildman–Crippen MR) is 87.6 cm³/mol. The van der Waals surface area contributed by atoms with Crippen molar-refractivity contribution < 1.29 is 18.1 Å². The van der Waals surface area contributed by atoms with Crippen LogP contribution in [-0.2, 0) is 16.0 Å². The highest BCUT2D eigenvalue weighted by atomic mass is 32.3. The molecule has 0 aliphatic rings. The third kappa shape index (κ3) is 8.16. The highest BCUT2D eigenvalue weighted by Gasteiger charge is 2.22. The summed E-state index contributed by atoms with van der Waals surface area (Å²) in [6.07, 6.45) is 2.27. The van der Waals surface area contributed by atoms with Crippen molar-refractivity contribution >= 4 is 9.63 Å². The molecular weight excluding hydrogens is 290 g/mol. The maximum absolute atomic E-state index is 11.3. The van der Waals surface area contributed by atoms with E-state index >= 15 is 0 Å². The van der Waals surface area contributed by atoms with Crippen molar-refractivity contribution in [2.75, 3.05) is 25.7 Å². The number of nitrogens with one attached hydrogen (secondary N) is 1. The fourth-order valence-corrected chi connectivity index (χ4v) is 2.96. The quantitative estimate of drug-likeness (QED) is 0.642. The zero-order valence-corrected chi connectivity index (χ0v) is 14.1. The molecule has 0 atom stereocenters. The fourth-order valence-electron chi connectivity index (χ4n) is 2.15. The Kier molecular flexibility index (Phi) is 5.55. The third-order valence-corrected chi connectivity index (χ3v) is 4.43. The summed E-state index contributed by atoms with van der Waals surface area (Å²) in [5.41, 5.74) is 1.06. The van der Waals surface area contributed by atoms with E-state index in [9.17, 15) is 13.3 Å². The third-order valence-electron chi connectivity index (χ3n) is 3.20. The lowest BCUT2D eigenvalue weighted by Crippen LogP contribution is -2.43. The normalized spacial score (nSPS) is 14.5. The van der Waals surface area contributed by atoms with Crippen LogP contribution in [0.2, 0.25) is 0 Å². The first-order valence-electron chi connectivity index (χ1n) is 6.97. The van der Waals surface area contributed by atoms with Gasteiger partial charge in [-0.25, -0.2) is 4.21 Å². The van der Waals surface area contributed by atoms with Crippen LogP contribution in [0, 0.1) is 0 Å². The zero-order valence-electron chi connectivity index (χ0n) is 13.3. The molecule has 122 valence electrons. The number of rotatable bonds is 8. The van der Waals surface area contributed by atoms with Gasteiger partial charge in [-0.2, -0.15) is 0 Å². The maximum Gasteiger partial charge on any atom is 0.118 e. The molecule has 3 N–H and O–H groups in total. The molecule has 0 fully saturated rings. The van der Waals surface area contributed by atoms with Crippen LogP contribution >= 0.6 is 0 Å². The Hall–Kier alpha value is -0.950. The Morgan fingerprint density at radius 2 is 1.81 bits per heavy atom. The minimum absolute atomic E-state index is 0.108. The summed E-state index contributed by atoms with van der Waals surface area (Å²) >= 11 is 0. The molecule has 5 nitrogen and oxygen atoms in total. The second-order valence-corrected chi connectivity index (χ2v) is 9.58. The largest absolute Gasteiger partial charge is 0.497 e. The van der Waals surface area contributed by atoms with E-state index in [1.807, 2.05) is 24.3 Å². The van der Waals surface area contributed by atoms with Gasteiger partial charge in [-0.1, -0.05) is 12.1 Å². The molecule has 0 saturated heterocycles. The molecule has 1 aromatic rings. The van der Waals surface area contributed by atoms with E-state index < -0.39 is 9.63 Å². The van der Waals surface area contributed by atoms with Gasteiger partial charge in [0.05, 0.1) is 16.7 Å². The van der Waals surface area contributed by atoms with Crippen LogP contribution in [0.3, 0.4) is 0 Å². The summed E-state index contributed by atoms with van der Waals surface area (Å²) in [4.78, 5) is 0. The second kappa shape index (κ2) is 6.44. The summed E-state index contributed by atoms with van der Waals surface area (Å²) in [6, 6.07) is 7.91. The van der Waals surface area contributed by atoms with Crippen molar-refractivity contribution in [2.45, 2.75) is 32.2 Å². The first-order chi connectivity index (χ1) is 9.47. The molecule has 0 spiro atoms. The predicted octanol–water partition coefficient (Wildman–Crippen LogP) is 2.39. The average molecular weight is 317 g/mol. The van der Waals surface area contributed by atoms with E-state index in [1.165, 1.54) is 5.56 Å². The van der Waals surface area contributed by atoms with Crippen molar-refractivity contribution in [3.8, 4) is 5.75 Å². The Morgan fingerprint density at radius 3 is 2.29 bits per heavy atom. The summed E-state index contributed by atoms with van der Waals surface area (Å²) < 4.78 is 35.0. The Labute approximate surface area is 127 Å². The number of hydrogen-bond donors (Lipinski definition) is 3. The first kappa shape index (κ1) is 18.1. The van der Waals surface area contributed by atoms with Gasteiger partial charge in [-0.05, 0) is 50.9 Å². The molecule has 1 aromatic carbocycles. The van der Waals surface area contributed by atoms with Crippen LogP contribution in [0.15, 0.2) is 24.3 Å². The van der Waals surface area contributed by atoms with Gasteiger partial charge in [0.15, 0.2) is 0 Å². The van der Waals surface area contributed by atoms with Gasteiger partial charge in [0, 0.05) is 17.5 Å². The summed E-state index contributed by atoms with van der Waals surface area (Å²) in [5, 5.41) is 3.35. The summed E-state index contributed by atoms with van der Waals surface area (Å²) in [5.74, 6) is 0.724. The van der Waals surface area contributed by atoms with Crippen molar-refractivity contribution in [3.05, 3.63) is 29.8 Å². The molecule has 21 heavy (non-hydrogen) atoms. The van der Waals surface area contributed by atoms with Crippen LogP contribution in [0.5, 0.6) is 5.75 Å². The van der Waals surface area contributed by atoms with E-state index in [0.29, 0.717) is 13.0 Å². The molecule has 0 amide bonds. The molecule has 0 aromatic heterocycles. The van der Waals surface area contributed by atoms with Gasteiger partial charge in [-0.15, -0.1) is 0 Å². The SMILES string of the molecule is COc1ccc(CC(C)(C)NCCCS(C)(=O)(O)O)cc1. The van der Waals surface area contributed by atoms with Crippen LogP contribution in [0.1, 0.15) is 25.8 Å². The van der Waals surface area contributed by atoms with E-state index in [0.717, 1.165) is 18.4 Å². The monoisotopic (exact) mass is 317 g/mol. The van der Waals surface area contributed by atoms with Gasteiger partial charge in [0.25, 0.3) is 0 Å². The highest BCUT2D eigenvalue weighted by Crippen LogP contribution is 2.17. The molecule has 6 heteroatoms. The minimum Gasteiger partial charge on any atom is -0.497 e. The highest BCUT2D eigenvalue weighted by molar-refractivity contribution is 8.09. The summed E-state index contributed by atoms with van der Waals surface area (Å²) in [7, 11) is -2.73. The molecule has 1 rings (SSSR count). The number of benzene rings is 1. The first-order valence-corrected chi connectivity index (χ1v) is 9.43. The van der Waals surface area contributed by atoms with Gasteiger partial charge < -0.3 is 19.2 Å². The molecule has 0 aliphatic heterocycles. The topological polar surface area (TPSA) is 78.8 Å². The van der Waals surface area contributed by atoms with Gasteiger partial charge in [0.1, 0.15) is 5.75 Å². The van der Waals surface area contributed by atoms with Crippen molar-refractivity contribution in [2.24, 2.45) is 0 Å². The van der Waals surface area contributed by atoms with Crippen molar-refractivity contribution in [1.82, 2.24) is 5.32 Å². The van der Waals surface area contributed by atoms with Gasteiger partial charge in [-0.3, -0.25) is 0 Å². The Bertz CT molecular complexity index is 508. The zero-order chi connectivity index (χ0) is 16.2. The lowest BCUT2D eigenvalue weighted by molar-refractivity contribution is 0.374. The molecule has 0 radical (unpaired) electrons. The lowest BCUT2D eigenvalue weighted by Gasteiger charge is -2.29. The molecule has 0 aliphatic carbocycles. The Morgan fingerprint density at radius 1 is 1.24 bits per heavy atom. The molecule has 0 unspecified atom stereocenters. The van der Waals surface area contributed by atoms with Gasteiger partial charge in [0.2, 0.25) is 0 Å². The van der Waals surface area contributed by atoms with Gasteiger partial charge >= 0.3 is 0 Å². The molecular formula is C15H27NO4S. The van der Waals surface area contributed by atoms with Crippen molar-refractivity contribution in [3.63, 3.8) is 0 Å². The number of ether oxygens (including phenoxy) is 1. The van der Waals surface area contributed by atoms with Crippen LogP contribution in [0.4, 0.5) is 0 Å². The number of hydrogen-bond acceptors (Lipinski definition) is 3. The summed E-state index contributed by atoms with van der Waals surface area (Å²) in [6.45, 7) is 4.74. The molecule has 0 heterocycles. The van der Waals surface area contributed by atoms with Crippen LogP contribution in [-0.4, -0.2) is 44.5 Å². The Balaban J connectivity index is 2.44. The van der Waals surface area contributed by atoms with Crippen LogP contribution < -0.4 is 10.1 Å². The van der Waals surface area contributed by atoms with Crippen LogP contribution in [0.25, 0.3) is 0 Å². The standard InChI is InChI=1S/C15H27NO4S/c1-15(2,16-10-5-11-21(4,17,18)19)12-13-6-8-14(20-3)9-7-13/h6-9,16H,5,10-12H2,1-4H3,(H2,17,18,19). The van der Waals surface area contributed by atoms with E-state index in [4.69, 9.17) is 4.74 Å². The fraction of sp³-hybridized carbons (Fsp3) is 0.600. The lowest BCUT2D eigenvalue weighted by atomic mass is 9.95.